The van der Waals surface area contributed by atoms with Gasteiger partial charge in [-0.2, -0.15) is 8.78 Å². The van der Waals surface area contributed by atoms with Crippen molar-refractivity contribution in [2.45, 2.75) is 50.4 Å². The number of carbonyl (C=O) groups is 1. The van der Waals surface area contributed by atoms with Crippen molar-refractivity contribution in [3.05, 3.63) is 29.8 Å². The molecule has 6 heteroatoms. The van der Waals surface area contributed by atoms with Crippen LogP contribution in [0.15, 0.2) is 24.3 Å². The Kier molecular flexibility index (Phi) is 3.80. The minimum absolute atomic E-state index is 0.0632. The number of carbonyl (C=O) groups excluding carboxylic acids is 1. The molecule has 0 aliphatic carbocycles. The van der Waals surface area contributed by atoms with Crippen LogP contribution in [-0.2, 0) is 0 Å². The Hall–Kier alpha value is -1.69. The van der Waals surface area contributed by atoms with E-state index in [9.17, 15) is 13.6 Å². The van der Waals surface area contributed by atoms with Crippen LogP contribution in [-0.4, -0.2) is 35.5 Å². The Bertz CT molecular complexity index is 524. The van der Waals surface area contributed by atoms with Crippen LogP contribution in [0.4, 0.5) is 8.78 Å². The third-order valence-electron chi connectivity index (χ3n) is 4.34. The van der Waals surface area contributed by atoms with Crippen LogP contribution in [0.1, 0.15) is 36.0 Å². The second-order valence-corrected chi connectivity index (χ2v) is 5.70. The normalized spacial score (nSPS) is 28.0. The van der Waals surface area contributed by atoms with Gasteiger partial charge >= 0.3 is 6.61 Å². The minimum Gasteiger partial charge on any atom is -0.434 e. The third-order valence-corrected chi connectivity index (χ3v) is 4.34. The fourth-order valence-corrected chi connectivity index (χ4v) is 3.53. The quantitative estimate of drug-likeness (QED) is 0.931. The highest BCUT2D eigenvalue weighted by Gasteiger charge is 2.43. The van der Waals surface area contributed by atoms with Crippen molar-refractivity contribution in [3.63, 3.8) is 0 Å². The van der Waals surface area contributed by atoms with Gasteiger partial charge in [0.05, 0.1) is 5.56 Å². The van der Waals surface area contributed by atoms with Gasteiger partial charge in [-0.3, -0.25) is 4.79 Å². The molecule has 0 aromatic heterocycles. The molecule has 0 radical (unpaired) electrons. The summed E-state index contributed by atoms with van der Waals surface area (Å²) in [6.45, 7) is -2.94. The molecule has 1 amide bonds. The third kappa shape index (κ3) is 2.72. The van der Waals surface area contributed by atoms with E-state index in [1.165, 1.54) is 12.1 Å². The fraction of sp³-hybridized carbons (Fsp3) is 0.533. The summed E-state index contributed by atoms with van der Waals surface area (Å²) in [6.07, 6.45) is 3.42. The largest absolute Gasteiger partial charge is 0.434 e. The molecule has 2 aliphatic heterocycles. The average Bonchev–Trinajstić information content (AvgIpc) is 2.70. The Morgan fingerprint density at radius 1 is 1.24 bits per heavy atom. The van der Waals surface area contributed by atoms with Crippen molar-refractivity contribution < 1.29 is 18.3 Å². The number of hydrogen-bond acceptors (Lipinski definition) is 3. The smallest absolute Gasteiger partial charge is 0.387 e. The number of benzene rings is 1. The lowest BCUT2D eigenvalue weighted by Gasteiger charge is -2.38. The van der Waals surface area contributed by atoms with Gasteiger partial charge in [0, 0.05) is 18.1 Å². The number of halogens is 2. The van der Waals surface area contributed by atoms with Crippen LogP contribution in [0.25, 0.3) is 0 Å². The van der Waals surface area contributed by atoms with E-state index in [4.69, 9.17) is 5.73 Å². The van der Waals surface area contributed by atoms with Crippen molar-refractivity contribution >= 4 is 5.91 Å². The van der Waals surface area contributed by atoms with Crippen LogP contribution in [0, 0.1) is 0 Å². The number of nitrogens with two attached hydrogens (primary N) is 1. The van der Waals surface area contributed by atoms with E-state index in [0.717, 1.165) is 25.7 Å². The maximum Gasteiger partial charge on any atom is 0.387 e. The van der Waals surface area contributed by atoms with Crippen molar-refractivity contribution in [1.29, 1.82) is 0 Å². The molecule has 2 N–H and O–H groups in total. The molecule has 2 heterocycles. The lowest BCUT2D eigenvalue weighted by molar-refractivity contribution is -0.0503. The van der Waals surface area contributed by atoms with E-state index in [-0.39, 0.29) is 35.3 Å². The predicted molar refractivity (Wildman–Crippen MR) is 73.3 cm³/mol. The zero-order valence-electron chi connectivity index (χ0n) is 11.5. The molecule has 4 nitrogen and oxygen atoms in total. The zero-order valence-corrected chi connectivity index (χ0v) is 11.5. The molecule has 2 unspecified atom stereocenters. The second kappa shape index (κ2) is 5.60. The first-order chi connectivity index (χ1) is 10.1. The molecule has 2 atom stereocenters. The van der Waals surface area contributed by atoms with Gasteiger partial charge in [0.2, 0.25) is 0 Å². The summed E-state index contributed by atoms with van der Waals surface area (Å²) in [5, 5.41) is 0. The van der Waals surface area contributed by atoms with E-state index in [1.54, 1.807) is 12.1 Å². The molecule has 1 aromatic rings. The molecule has 2 saturated heterocycles. The maximum atomic E-state index is 12.7. The highest BCUT2D eigenvalue weighted by atomic mass is 19.3. The monoisotopic (exact) mass is 296 g/mol. The number of fused-ring (bicyclic) bond motifs is 2. The zero-order chi connectivity index (χ0) is 15.0. The lowest BCUT2D eigenvalue weighted by Crippen LogP contribution is -2.50. The number of nitrogens with zero attached hydrogens (tertiary/aromatic N) is 1. The molecular formula is C15H18F2N2O2. The lowest BCUT2D eigenvalue weighted by atomic mass is 9.97. The summed E-state index contributed by atoms with van der Waals surface area (Å²) in [5.41, 5.74) is 6.19. The number of rotatable bonds is 3. The number of para-hydroxylation sites is 1. The standard InChI is InChI=1S/C15H18F2N2O2/c16-15(17)21-13-4-2-1-3-12(13)14(20)19-10-5-6-11(19)8-9(18)7-10/h1-4,9-11,15H,5-8,18H2. The number of alkyl halides is 2. The van der Waals surface area contributed by atoms with Crippen LogP contribution < -0.4 is 10.5 Å². The Morgan fingerprint density at radius 3 is 2.48 bits per heavy atom. The molecular weight excluding hydrogens is 278 g/mol. The van der Waals surface area contributed by atoms with Crippen molar-refractivity contribution in [2.75, 3.05) is 0 Å². The van der Waals surface area contributed by atoms with Crippen molar-refractivity contribution in [2.24, 2.45) is 5.73 Å². The summed E-state index contributed by atoms with van der Waals surface area (Å²) in [6, 6.07) is 6.53. The van der Waals surface area contributed by atoms with Crippen LogP contribution in [0.5, 0.6) is 5.75 Å². The van der Waals surface area contributed by atoms with Gasteiger partial charge in [0.1, 0.15) is 5.75 Å². The van der Waals surface area contributed by atoms with E-state index in [2.05, 4.69) is 4.74 Å². The SMILES string of the molecule is NC1CC2CCC(C1)N2C(=O)c1ccccc1OC(F)F. The van der Waals surface area contributed by atoms with E-state index in [0.29, 0.717) is 0 Å². The fourth-order valence-electron chi connectivity index (χ4n) is 3.53. The topological polar surface area (TPSA) is 55.6 Å². The van der Waals surface area contributed by atoms with Crippen molar-refractivity contribution in [3.8, 4) is 5.75 Å². The first kappa shape index (κ1) is 14.3. The molecule has 1 aromatic carbocycles. The molecule has 3 rings (SSSR count). The molecule has 2 bridgehead atoms. The number of ether oxygens (including phenoxy) is 1. The number of hydrogen-bond donors (Lipinski definition) is 1. The van der Waals surface area contributed by atoms with E-state index in [1.807, 2.05) is 4.90 Å². The van der Waals surface area contributed by atoms with E-state index < -0.39 is 6.61 Å². The van der Waals surface area contributed by atoms with Crippen LogP contribution >= 0.6 is 0 Å². The summed E-state index contributed by atoms with van der Waals surface area (Å²) >= 11 is 0. The molecule has 0 saturated carbocycles. The molecule has 2 fully saturated rings. The Balaban J connectivity index is 1.86. The Labute approximate surface area is 121 Å². The van der Waals surface area contributed by atoms with Crippen molar-refractivity contribution in [1.82, 2.24) is 4.90 Å². The average molecular weight is 296 g/mol. The number of amides is 1. The molecule has 114 valence electrons. The molecule has 21 heavy (non-hydrogen) atoms. The minimum atomic E-state index is -2.94. The van der Waals surface area contributed by atoms with Gasteiger partial charge in [0.15, 0.2) is 0 Å². The first-order valence-electron chi connectivity index (χ1n) is 7.18. The molecule has 0 spiro atoms. The molecule has 2 aliphatic rings. The van der Waals surface area contributed by atoms with Gasteiger partial charge in [-0.25, -0.2) is 0 Å². The van der Waals surface area contributed by atoms with E-state index >= 15 is 0 Å². The summed E-state index contributed by atoms with van der Waals surface area (Å²) < 4.78 is 29.4. The second-order valence-electron chi connectivity index (χ2n) is 5.70. The maximum absolute atomic E-state index is 12.7. The highest BCUT2D eigenvalue weighted by molar-refractivity contribution is 5.97. The predicted octanol–water partition coefficient (Wildman–Crippen LogP) is 2.38. The van der Waals surface area contributed by atoms with Gasteiger partial charge < -0.3 is 15.4 Å². The highest BCUT2D eigenvalue weighted by Crippen LogP contribution is 2.37. The van der Waals surface area contributed by atoms with Gasteiger partial charge in [-0.1, -0.05) is 12.1 Å². The summed E-state index contributed by atoms with van der Waals surface area (Å²) in [5.74, 6) is -0.294. The number of piperidine rings is 1. The van der Waals surface area contributed by atoms with Gasteiger partial charge in [-0.05, 0) is 37.8 Å². The Morgan fingerprint density at radius 2 is 1.86 bits per heavy atom. The van der Waals surface area contributed by atoms with Crippen LogP contribution in [0.2, 0.25) is 0 Å². The van der Waals surface area contributed by atoms with Gasteiger partial charge in [0.25, 0.3) is 5.91 Å². The first-order valence-corrected chi connectivity index (χ1v) is 7.18. The van der Waals surface area contributed by atoms with Gasteiger partial charge in [-0.15, -0.1) is 0 Å². The summed E-state index contributed by atoms with van der Waals surface area (Å²) in [7, 11) is 0. The summed E-state index contributed by atoms with van der Waals surface area (Å²) in [4.78, 5) is 14.5. The van der Waals surface area contributed by atoms with Crippen LogP contribution in [0.3, 0.4) is 0 Å².